The normalized spacial score (nSPS) is 10.5. The molecule has 16 heavy (non-hydrogen) atoms. The number of aryl methyl sites for hydroxylation is 1. The molecule has 1 aromatic carbocycles. The van der Waals surface area contributed by atoms with Gasteiger partial charge in [0.2, 0.25) is 5.88 Å². The minimum absolute atomic E-state index is 0.932. The molecule has 0 bridgehead atoms. The van der Waals surface area contributed by atoms with Crippen LogP contribution in [0.15, 0.2) is 34.7 Å². The van der Waals surface area contributed by atoms with Crippen molar-refractivity contribution in [1.82, 2.24) is 0 Å². The smallest absolute Gasteiger partial charge is 0.203 e. The van der Waals surface area contributed by atoms with Crippen molar-refractivity contribution in [1.29, 1.82) is 0 Å². The van der Waals surface area contributed by atoms with Crippen molar-refractivity contribution in [3.05, 3.63) is 41.7 Å². The molecule has 0 saturated heterocycles. The van der Waals surface area contributed by atoms with Crippen molar-refractivity contribution >= 4 is 5.88 Å². The second-order valence-corrected chi connectivity index (χ2v) is 4.22. The average Bonchev–Trinajstić information content (AvgIpc) is 2.57. The Bertz CT molecular complexity index is 483. The molecule has 2 rings (SSSR count). The number of furan rings is 1. The van der Waals surface area contributed by atoms with E-state index in [0.29, 0.717) is 0 Å². The molecule has 0 aliphatic carbocycles. The van der Waals surface area contributed by atoms with E-state index in [-0.39, 0.29) is 0 Å². The molecule has 2 nitrogen and oxygen atoms in total. The van der Waals surface area contributed by atoms with E-state index in [1.165, 1.54) is 16.7 Å². The summed E-state index contributed by atoms with van der Waals surface area (Å²) < 4.78 is 5.79. The topological polar surface area (TPSA) is 16.4 Å². The first-order chi connectivity index (χ1) is 7.61. The van der Waals surface area contributed by atoms with Crippen molar-refractivity contribution in [3.63, 3.8) is 0 Å². The molecule has 2 aromatic rings. The van der Waals surface area contributed by atoms with Gasteiger partial charge in [0.1, 0.15) is 5.76 Å². The summed E-state index contributed by atoms with van der Waals surface area (Å²) in [5.41, 5.74) is 3.62. The van der Waals surface area contributed by atoms with Crippen LogP contribution in [0, 0.1) is 13.8 Å². The molecule has 0 atom stereocenters. The summed E-state index contributed by atoms with van der Waals surface area (Å²) in [7, 11) is 4.01. The molecule has 0 amide bonds. The summed E-state index contributed by atoms with van der Waals surface area (Å²) >= 11 is 0. The molecule has 0 fully saturated rings. The van der Waals surface area contributed by atoms with Crippen LogP contribution in [0.3, 0.4) is 0 Å². The third kappa shape index (κ3) is 1.71. The van der Waals surface area contributed by atoms with Crippen molar-refractivity contribution in [2.24, 2.45) is 0 Å². The first kappa shape index (κ1) is 10.8. The second kappa shape index (κ2) is 4.05. The van der Waals surface area contributed by atoms with Gasteiger partial charge < -0.3 is 9.32 Å². The zero-order valence-electron chi connectivity index (χ0n) is 10.2. The summed E-state index contributed by atoms with van der Waals surface area (Å²) in [6, 6.07) is 10.4. The number of hydrogen-bond donors (Lipinski definition) is 0. The second-order valence-electron chi connectivity index (χ2n) is 4.22. The molecule has 0 saturated carbocycles. The van der Waals surface area contributed by atoms with Gasteiger partial charge in [0, 0.05) is 25.2 Å². The van der Waals surface area contributed by atoms with Gasteiger partial charge in [-0.15, -0.1) is 0 Å². The van der Waals surface area contributed by atoms with Crippen LogP contribution >= 0.6 is 0 Å². The highest BCUT2D eigenvalue weighted by Crippen LogP contribution is 2.36. The van der Waals surface area contributed by atoms with E-state index in [1.54, 1.807) is 0 Å². The van der Waals surface area contributed by atoms with E-state index >= 15 is 0 Å². The molecule has 2 heteroatoms. The summed E-state index contributed by atoms with van der Waals surface area (Å²) in [5, 5.41) is 0. The fourth-order valence-electron chi connectivity index (χ4n) is 1.87. The van der Waals surface area contributed by atoms with Crippen molar-refractivity contribution in [3.8, 4) is 11.1 Å². The Kier molecular flexibility index (Phi) is 2.73. The van der Waals surface area contributed by atoms with Crippen LogP contribution in [0.1, 0.15) is 11.3 Å². The van der Waals surface area contributed by atoms with Gasteiger partial charge >= 0.3 is 0 Å². The Hall–Kier alpha value is -1.70. The molecule has 1 heterocycles. The minimum Gasteiger partial charge on any atom is -0.445 e. The molecular formula is C14H17NO. The van der Waals surface area contributed by atoms with Crippen LogP contribution in [0.25, 0.3) is 11.1 Å². The van der Waals surface area contributed by atoms with Crippen LogP contribution in [0.2, 0.25) is 0 Å². The zero-order chi connectivity index (χ0) is 11.7. The highest BCUT2D eigenvalue weighted by atomic mass is 16.4. The third-order valence-electron chi connectivity index (χ3n) is 2.84. The summed E-state index contributed by atoms with van der Waals surface area (Å²) in [4.78, 5) is 2.02. The van der Waals surface area contributed by atoms with Crippen LogP contribution in [-0.4, -0.2) is 14.1 Å². The van der Waals surface area contributed by atoms with Gasteiger partial charge in [-0.05, 0) is 19.4 Å². The Labute approximate surface area is 96.5 Å². The number of hydrogen-bond acceptors (Lipinski definition) is 2. The van der Waals surface area contributed by atoms with E-state index in [2.05, 4.69) is 31.2 Å². The van der Waals surface area contributed by atoms with Crippen LogP contribution in [-0.2, 0) is 0 Å². The first-order valence-electron chi connectivity index (χ1n) is 5.44. The van der Waals surface area contributed by atoms with Gasteiger partial charge in [-0.25, -0.2) is 0 Å². The van der Waals surface area contributed by atoms with Crippen molar-refractivity contribution in [2.45, 2.75) is 13.8 Å². The van der Waals surface area contributed by atoms with Gasteiger partial charge in [0.25, 0.3) is 0 Å². The number of nitrogens with zero attached hydrogens (tertiary/aromatic N) is 1. The van der Waals surface area contributed by atoms with Gasteiger partial charge in [0.15, 0.2) is 0 Å². The van der Waals surface area contributed by atoms with Crippen LogP contribution in [0.4, 0.5) is 5.88 Å². The Balaban J connectivity index is 2.64. The van der Waals surface area contributed by atoms with Gasteiger partial charge in [-0.3, -0.25) is 0 Å². The maximum absolute atomic E-state index is 5.79. The lowest BCUT2D eigenvalue weighted by molar-refractivity contribution is 0.532. The highest BCUT2D eigenvalue weighted by molar-refractivity contribution is 5.78. The Morgan fingerprint density at radius 2 is 1.62 bits per heavy atom. The van der Waals surface area contributed by atoms with Gasteiger partial charge in [-0.1, -0.05) is 30.3 Å². The zero-order valence-corrected chi connectivity index (χ0v) is 10.2. The molecular weight excluding hydrogens is 198 g/mol. The van der Waals surface area contributed by atoms with Crippen molar-refractivity contribution in [2.75, 3.05) is 19.0 Å². The van der Waals surface area contributed by atoms with E-state index in [1.807, 2.05) is 32.0 Å². The van der Waals surface area contributed by atoms with Crippen LogP contribution in [0.5, 0.6) is 0 Å². The fraction of sp³-hybridized carbons (Fsp3) is 0.286. The lowest BCUT2D eigenvalue weighted by Gasteiger charge is -2.11. The van der Waals surface area contributed by atoms with E-state index in [0.717, 1.165) is 11.6 Å². The number of benzene rings is 1. The monoisotopic (exact) mass is 215 g/mol. The van der Waals surface area contributed by atoms with E-state index in [4.69, 9.17) is 4.42 Å². The largest absolute Gasteiger partial charge is 0.445 e. The maximum atomic E-state index is 5.79. The lowest BCUT2D eigenvalue weighted by atomic mass is 10.0. The number of rotatable bonds is 2. The summed E-state index contributed by atoms with van der Waals surface area (Å²) in [6.07, 6.45) is 0. The minimum atomic E-state index is 0.932. The maximum Gasteiger partial charge on any atom is 0.203 e. The molecule has 0 unspecified atom stereocenters. The Morgan fingerprint density at radius 3 is 2.19 bits per heavy atom. The van der Waals surface area contributed by atoms with Crippen LogP contribution < -0.4 is 4.90 Å². The van der Waals surface area contributed by atoms with Gasteiger partial charge in [-0.2, -0.15) is 0 Å². The fourth-order valence-corrected chi connectivity index (χ4v) is 1.87. The van der Waals surface area contributed by atoms with Gasteiger partial charge in [0.05, 0.1) is 0 Å². The van der Waals surface area contributed by atoms with E-state index in [9.17, 15) is 0 Å². The SMILES string of the molecule is Cc1oc(N(C)C)c(-c2ccccc2)c1C. The van der Waals surface area contributed by atoms with E-state index < -0.39 is 0 Å². The molecule has 0 aliphatic rings. The summed E-state index contributed by atoms with van der Waals surface area (Å²) in [6.45, 7) is 4.11. The molecule has 0 N–H and O–H groups in total. The number of anilines is 1. The predicted octanol–water partition coefficient (Wildman–Crippen LogP) is 3.63. The standard InChI is InChI=1S/C14H17NO/c1-10-11(2)16-14(15(3)4)13(10)12-8-6-5-7-9-12/h5-9H,1-4H3. The quantitative estimate of drug-likeness (QED) is 0.760. The first-order valence-corrected chi connectivity index (χ1v) is 5.44. The third-order valence-corrected chi connectivity index (χ3v) is 2.84. The molecule has 0 radical (unpaired) electrons. The molecule has 84 valence electrons. The average molecular weight is 215 g/mol. The Morgan fingerprint density at radius 1 is 1.00 bits per heavy atom. The molecule has 0 spiro atoms. The molecule has 0 aliphatic heterocycles. The molecule has 1 aromatic heterocycles. The lowest BCUT2D eigenvalue weighted by Crippen LogP contribution is -2.08. The van der Waals surface area contributed by atoms with Crippen molar-refractivity contribution < 1.29 is 4.42 Å². The summed E-state index contributed by atoms with van der Waals surface area (Å²) in [5.74, 6) is 1.92. The predicted molar refractivity (Wildman–Crippen MR) is 67.9 cm³/mol. The highest BCUT2D eigenvalue weighted by Gasteiger charge is 2.17.